The summed E-state index contributed by atoms with van der Waals surface area (Å²) in [5.74, 6) is -0.701. The number of thiophene rings is 1. The van der Waals surface area contributed by atoms with Crippen LogP contribution in [-0.2, 0) is 4.79 Å². The molecule has 1 N–H and O–H groups in total. The third-order valence-corrected chi connectivity index (χ3v) is 2.68. The molecule has 0 amide bonds. The van der Waals surface area contributed by atoms with Gasteiger partial charge in [0.05, 0.1) is 5.39 Å². The molecule has 2 aromatic heterocycles. The summed E-state index contributed by atoms with van der Waals surface area (Å²) in [5.41, 5.74) is 0. The smallest absolute Gasteiger partial charge is 0.344 e. The van der Waals surface area contributed by atoms with E-state index < -0.39 is 12.1 Å². The fraction of sp³-hybridized carbons (Fsp3) is 0.222. The lowest BCUT2D eigenvalue weighted by atomic mass is 10.4. The molecule has 2 rings (SSSR count). The summed E-state index contributed by atoms with van der Waals surface area (Å²) in [4.78, 5) is 19.3. The summed E-state index contributed by atoms with van der Waals surface area (Å²) in [6.45, 7) is 1.46. The van der Waals surface area contributed by atoms with Gasteiger partial charge in [0.1, 0.15) is 11.2 Å². The first kappa shape index (κ1) is 9.85. The molecule has 78 valence electrons. The lowest BCUT2D eigenvalue weighted by Gasteiger charge is -2.09. The molecule has 6 heteroatoms. The van der Waals surface area contributed by atoms with Gasteiger partial charge in [-0.1, -0.05) is 0 Å². The number of rotatable bonds is 3. The van der Waals surface area contributed by atoms with Crippen molar-refractivity contribution in [1.29, 1.82) is 0 Å². The fourth-order valence-corrected chi connectivity index (χ4v) is 1.80. The van der Waals surface area contributed by atoms with E-state index in [2.05, 4.69) is 9.97 Å². The third kappa shape index (κ3) is 1.89. The normalized spacial score (nSPS) is 12.6. The highest BCUT2D eigenvalue weighted by Gasteiger charge is 2.15. The van der Waals surface area contributed by atoms with E-state index in [4.69, 9.17) is 9.84 Å². The predicted octanol–water partition coefficient (Wildman–Crippen LogP) is 1.54. The Labute approximate surface area is 89.4 Å². The number of aliphatic carboxylic acids is 1. The molecule has 0 aliphatic carbocycles. The van der Waals surface area contributed by atoms with Crippen LogP contribution in [0.5, 0.6) is 5.88 Å². The van der Waals surface area contributed by atoms with Gasteiger partial charge in [0.25, 0.3) is 0 Å². The highest BCUT2D eigenvalue weighted by Crippen LogP contribution is 2.25. The molecule has 2 heterocycles. The molecule has 0 bridgehead atoms. The van der Waals surface area contributed by atoms with Crippen LogP contribution >= 0.6 is 11.3 Å². The maximum Gasteiger partial charge on any atom is 0.344 e. The third-order valence-electron chi connectivity index (χ3n) is 1.86. The lowest BCUT2D eigenvalue weighted by molar-refractivity contribution is -0.144. The Morgan fingerprint density at radius 1 is 1.60 bits per heavy atom. The van der Waals surface area contributed by atoms with Crippen molar-refractivity contribution in [1.82, 2.24) is 9.97 Å². The van der Waals surface area contributed by atoms with E-state index in [1.807, 2.05) is 11.4 Å². The van der Waals surface area contributed by atoms with E-state index in [0.717, 1.165) is 10.2 Å². The molecule has 0 radical (unpaired) electrons. The van der Waals surface area contributed by atoms with Crippen molar-refractivity contribution in [2.45, 2.75) is 13.0 Å². The molecule has 1 unspecified atom stereocenters. The zero-order valence-corrected chi connectivity index (χ0v) is 8.69. The monoisotopic (exact) mass is 224 g/mol. The van der Waals surface area contributed by atoms with Gasteiger partial charge < -0.3 is 9.84 Å². The van der Waals surface area contributed by atoms with Crippen LogP contribution in [0, 0.1) is 0 Å². The van der Waals surface area contributed by atoms with Crippen LogP contribution in [0.15, 0.2) is 17.8 Å². The Kier molecular flexibility index (Phi) is 2.51. The molecule has 5 nitrogen and oxygen atoms in total. The summed E-state index contributed by atoms with van der Waals surface area (Å²) in [5, 5.41) is 11.3. The molecule has 0 aliphatic rings. The van der Waals surface area contributed by atoms with Crippen LogP contribution < -0.4 is 4.74 Å². The van der Waals surface area contributed by atoms with Crippen LogP contribution in [0.25, 0.3) is 10.2 Å². The number of aromatic nitrogens is 2. The Hall–Kier alpha value is -1.69. The second-order valence-electron chi connectivity index (χ2n) is 2.92. The Bertz CT molecular complexity index is 497. The van der Waals surface area contributed by atoms with Gasteiger partial charge in [-0.25, -0.2) is 14.8 Å². The van der Waals surface area contributed by atoms with E-state index in [1.165, 1.54) is 24.6 Å². The van der Waals surface area contributed by atoms with Gasteiger partial charge in [0.2, 0.25) is 5.88 Å². The topological polar surface area (TPSA) is 72.3 Å². The minimum atomic E-state index is -1.02. The lowest BCUT2D eigenvalue weighted by Crippen LogP contribution is -2.23. The zero-order chi connectivity index (χ0) is 10.8. The predicted molar refractivity (Wildman–Crippen MR) is 55.1 cm³/mol. The highest BCUT2D eigenvalue weighted by atomic mass is 32.1. The Morgan fingerprint density at radius 2 is 2.40 bits per heavy atom. The second-order valence-corrected chi connectivity index (χ2v) is 3.81. The quantitative estimate of drug-likeness (QED) is 0.856. The van der Waals surface area contributed by atoms with Gasteiger partial charge in [0, 0.05) is 0 Å². The van der Waals surface area contributed by atoms with Gasteiger partial charge in [0.15, 0.2) is 6.10 Å². The van der Waals surface area contributed by atoms with E-state index in [-0.39, 0.29) is 0 Å². The van der Waals surface area contributed by atoms with E-state index in [9.17, 15) is 4.79 Å². The fourth-order valence-electron chi connectivity index (χ4n) is 1.08. The van der Waals surface area contributed by atoms with Crippen molar-refractivity contribution in [3.8, 4) is 5.88 Å². The molecule has 0 fully saturated rings. The van der Waals surface area contributed by atoms with E-state index >= 15 is 0 Å². The summed E-state index contributed by atoms with van der Waals surface area (Å²) in [6.07, 6.45) is 0.450. The van der Waals surface area contributed by atoms with Crippen LogP contribution in [-0.4, -0.2) is 27.1 Å². The van der Waals surface area contributed by atoms with Crippen LogP contribution in [0.1, 0.15) is 6.92 Å². The Morgan fingerprint density at radius 3 is 3.13 bits per heavy atom. The standard InChI is InChI=1S/C9H8N2O3S/c1-5(9(12)13)14-7-6-2-3-15-8(6)11-4-10-7/h2-5H,1H3,(H,12,13). The van der Waals surface area contributed by atoms with E-state index in [1.54, 1.807) is 0 Å². The molecule has 0 aliphatic heterocycles. The summed E-state index contributed by atoms with van der Waals surface area (Å²) in [6, 6.07) is 1.81. The van der Waals surface area contributed by atoms with Gasteiger partial charge in [-0.2, -0.15) is 0 Å². The summed E-state index contributed by atoms with van der Waals surface area (Å²) < 4.78 is 5.20. The number of carboxylic acids is 1. The van der Waals surface area contributed by atoms with Crippen molar-refractivity contribution in [3.05, 3.63) is 17.8 Å². The number of hydrogen-bond donors (Lipinski definition) is 1. The molecule has 0 saturated heterocycles. The molecule has 2 aromatic rings. The van der Waals surface area contributed by atoms with Crippen molar-refractivity contribution in [2.24, 2.45) is 0 Å². The number of carbonyl (C=O) groups is 1. The first-order chi connectivity index (χ1) is 7.18. The maximum atomic E-state index is 10.6. The number of hydrogen-bond acceptors (Lipinski definition) is 5. The van der Waals surface area contributed by atoms with Gasteiger partial charge in [-0.05, 0) is 18.4 Å². The molecule has 1 atom stereocenters. The van der Waals surface area contributed by atoms with E-state index in [0.29, 0.717) is 5.88 Å². The van der Waals surface area contributed by atoms with Crippen LogP contribution in [0.2, 0.25) is 0 Å². The number of ether oxygens (including phenoxy) is 1. The van der Waals surface area contributed by atoms with Gasteiger partial charge in [-0.15, -0.1) is 11.3 Å². The Balaban J connectivity index is 2.35. The van der Waals surface area contributed by atoms with Crippen LogP contribution in [0.3, 0.4) is 0 Å². The minimum Gasteiger partial charge on any atom is -0.479 e. The maximum absolute atomic E-state index is 10.6. The first-order valence-corrected chi connectivity index (χ1v) is 5.14. The van der Waals surface area contributed by atoms with Crippen LogP contribution in [0.4, 0.5) is 0 Å². The summed E-state index contributed by atoms with van der Waals surface area (Å²) in [7, 11) is 0. The second kappa shape index (κ2) is 3.82. The number of fused-ring (bicyclic) bond motifs is 1. The molecule has 0 saturated carbocycles. The van der Waals surface area contributed by atoms with Gasteiger partial charge >= 0.3 is 5.97 Å². The molecule has 0 spiro atoms. The van der Waals surface area contributed by atoms with Gasteiger partial charge in [-0.3, -0.25) is 0 Å². The largest absolute Gasteiger partial charge is 0.479 e. The van der Waals surface area contributed by atoms with Crippen molar-refractivity contribution < 1.29 is 14.6 Å². The molecule has 0 aromatic carbocycles. The summed E-state index contributed by atoms with van der Waals surface area (Å²) >= 11 is 1.46. The molecular formula is C9H8N2O3S. The average molecular weight is 224 g/mol. The highest BCUT2D eigenvalue weighted by molar-refractivity contribution is 7.16. The number of carboxylic acid groups (broad SMARTS) is 1. The first-order valence-electron chi connectivity index (χ1n) is 4.26. The van der Waals surface area contributed by atoms with Crippen molar-refractivity contribution in [3.63, 3.8) is 0 Å². The number of nitrogens with zero attached hydrogens (tertiary/aromatic N) is 2. The molecular weight excluding hydrogens is 216 g/mol. The molecule has 15 heavy (non-hydrogen) atoms. The minimum absolute atomic E-state index is 0.316. The zero-order valence-electron chi connectivity index (χ0n) is 7.88. The SMILES string of the molecule is CC(Oc1ncnc2sccc12)C(=O)O. The average Bonchev–Trinajstić information content (AvgIpc) is 2.66. The van der Waals surface area contributed by atoms with Crippen molar-refractivity contribution in [2.75, 3.05) is 0 Å². The van der Waals surface area contributed by atoms with Crippen molar-refractivity contribution >= 4 is 27.5 Å².